The molecule has 0 atom stereocenters. The van der Waals surface area contributed by atoms with Crippen LogP contribution in [0, 0.1) is 0 Å². The fourth-order valence-electron chi connectivity index (χ4n) is 2.12. The zero-order valence-electron chi connectivity index (χ0n) is 9.98. The number of nitrogens with one attached hydrogen (secondary N) is 1. The number of hydrogen-bond donors (Lipinski definition) is 1. The first-order valence-electron chi connectivity index (χ1n) is 5.93. The number of hydrogen-bond acceptors (Lipinski definition) is 5. The van der Waals surface area contributed by atoms with Crippen molar-refractivity contribution in [3.8, 4) is 0 Å². The largest absolute Gasteiger partial charge is 0.367 e. The maximum atomic E-state index is 10.6. The molecule has 0 radical (unpaired) electrons. The molecule has 1 saturated carbocycles. The highest BCUT2D eigenvalue weighted by Gasteiger charge is 2.17. The topological polar surface area (TPSA) is 54.9 Å². The first-order chi connectivity index (χ1) is 8.33. The minimum atomic E-state index is 0.379. The van der Waals surface area contributed by atoms with Gasteiger partial charge in [0, 0.05) is 24.2 Å². The predicted octanol–water partition coefficient (Wildman–Crippen LogP) is 2.29. The van der Waals surface area contributed by atoms with Crippen LogP contribution in [0.4, 0.5) is 5.82 Å². The van der Waals surface area contributed by atoms with Gasteiger partial charge in [-0.05, 0) is 19.1 Å². The van der Waals surface area contributed by atoms with Crippen molar-refractivity contribution >= 4 is 23.9 Å². The van der Waals surface area contributed by atoms with Crippen LogP contribution in [0.3, 0.4) is 0 Å². The molecule has 1 N–H and O–H groups in total. The molecular formula is C12H17N3OS. The van der Waals surface area contributed by atoms with Crippen molar-refractivity contribution in [2.24, 2.45) is 0 Å². The first-order valence-corrected chi connectivity index (χ1v) is 7.16. The van der Waals surface area contributed by atoms with Gasteiger partial charge < -0.3 is 10.1 Å². The van der Waals surface area contributed by atoms with Gasteiger partial charge in [0.15, 0.2) is 5.16 Å². The molecule has 0 aromatic carbocycles. The van der Waals surface area contributed by atoms with Gasteiger partial charge in [0.25, 0.3) is 0 Å². The molecule has 1 aliphatic carbocycles. The molecular weight excluding hydrogens is 234 g/mol. The van der Waals surface area contributed by atoms with E-state index in [1.165, 1.54) is 37.4 Å². The molecule has 17 heavy (non-hydrogen) atoms. The van der Waals surface area contributed by atoms with Crippen molar-refractivity contribution in [2.45, 2.75) is 43.3 Å². The fourth-order valence-corrected chi connectivity index (χ4v) is 2.46. The van der Waals surface area contributed by atoms with E-state index in [9.17, 15) is 4.79 Å². The van der Waals surface area contributed by atoms with Gasteiger partial charge in [-0.25, -0.2) is 9.97 Å². The molecule has 2 rings (SSSR count). The minimum Gasteiger partial charge on any atom is -0.367 e. The normalized spacial score (nSPS) is 16.1. The third-order valence-electron chi connectivity index (χ3n) is 3.02. The van der Waals surface area contributed by atoms with Crippen molar-refractivity contribution < 1.29 is 4.79 Å². The van der Waals surface area contributed by atoms with Gasteiger partial charge in [-0.2, -0.15) is 0 Å². The second-order valence-corrected chi connectivity index (χ2v) is 5.00. The third-order valence-corrected chi connectivity index (χ3v) is 3.59. The summed E-state index contributed by atoms with van der Waals surface area (Å²) in [6.07, 6.45) is 9.93. The smallest absolute Gasteiger partial charge is 0.189 e. The summed E-state index contributed by atoms with van der Waals surface area (Å²) in [7, 11) is 0. The molecule has 0 saturated heterocycles. The van der Waals surface area contributed by atoms with Crippen LogP contribution >= 0.6 is 11.8 Å². The zero-order chi connectivity index (χ0) is 12.1. The lowest BCUT2D eigenvalue weighted by atomic mass is 10.2. The molecule has 0 spiro atoms. The van der Waals surface area contributed by atoms with E-state index >= 15 is 0 Å². The number of aldehydes is 1. The summed E-state index contributed by atoms with van der Waals surface area (Å²) >= 11 is 1.52. The Morgan fingerprint density at radius 1 is 1.53 bits per heavy atom. The zero-order valence-corrected chi connectivity index (χ0v) is 10.8. The number of carbonyl (C=O) groups is 1. The lowest BCUT2D eigenvalue weighted by Crippen LogP contribution is -2.17. The highest BCUT2D eigenvalue weighted by molar-refractivity contribution is 7.98. The molecule has 0 amide bonds. The van der Waals surface area contributed by atoms with Gasteiger partial charge in [0.2, 0.25) is 0 Å². The third kappa shape index (κ3) is 3.19. The summed E-state index contributed by atoms with van der Waals surface area (Å²) in [6, 6.07) is 0.505. The van der Waals surface area contributed by atoms with Crippen molar-refractivity contribution in [1.29, 1.82) is 0 Å². The highest BCUT2D eigenvalue weighted by atomic mass is 32.2. The molecule has 1 heterocycles. The summed E-state index contributed by atoms with van der Waals surface area (Å²) < 4.78 is 0. The molecule has 0 aliphatic heterocycles. The summed E-state index contributed by atoms with van der Waals surface area (Å²) in [5, 5.41) is 4.20. The quantitative estimate of drug-likeness (QED) is 0.494. The maximum Gasteiger partial charge on any atom is 0.189 e. The minimum absolute atomic E-state index is 0.379. The van der Waals surface area contributed by atoms with Gasteiger partial charge in [-0.15, -0.1) is 0 Å². The summed E-state index contributed by atoms with van der Waals surface area (Å²) in [6.45, 7) is 0. The lowest BCUT2D eigenvalue weighted by molar-refractivity contribution is -0.107. The van der Waals surface area contributed by atoms with Crippen LogP contribution in [0.15, 0.2) is 11.4 Å². The van der Waals surface area contributed by atoms with Gasteiger partial charge in [0.05, 0.1) is 0 Å². The van der Waals surface area contributed by atoms with Gasteiger partial charge >= 0.3 is 0 Å². The summed E-state index contributed by atoms with van der Waals surface area (Å²) in [5.41, 5.74) is 0.893. The Balaban J connectivity index is 2.17. The van der Waals surface area contributed by atoms with Crippen molar-refractivity contribution in [3.63, 3.8) is 0 Å². The van der Waals surface area contributed by atoms with Crippen LogP contribution < -0.4 is 5.32 Å². The van der Waals surface area contributed by atoms with E-state index in [1.54, 1.807) is 6.20 Å². The van der Waals surface area contributed by atoms with Crippen LogP contribution in [0.25, 0.3) is 0 Å². The molecule has 0 unspecified atom stereocenters. The van der Waals surface area contributed by atoms with E-state index in [0.717, 1.165) is 22.8 Å². The number of anilines is 1. The average Bonchev–Trinajstić information content (AvgIpc) is 2.84. The number of aromatic nitrogens is 2. The summed E-state index contributed by atoms with van der Waals surface area (Å²) in [4.78, 5) is 19.3. The van der Waals surface area contributed by atoms with Crippen molar-refractivity contribution in [2.75, 3.05) is 11.6 Å². The van der Waals surface area contributed by atoms with Crippen LogP contribution in [0.5, 0.6) is 0 Å². The second-order valence-electron chi connectivity index (χ2n) is 4.23. The Morgan fingerprint density at radius 2 is 2.29 bits per heavy atom. The van der Waals surface area contributed by atoms with Gasteiger partial charge in [-0.1, -0.05) is 24.6 Å². The highest BCUT2D eigenvalue weighted by Crippen LogP contribution is 2.24. The second kappa shape index (κ2) is 6.00. The van der Waals surface area contributed by atoms with Crippen LogP contribution in [0.2, 0.25) is 0 Å². The molecule has 4 nitrogen and oxygen atoms in total. The van der Waals surface area contributed by atoms with Crippen LogP contribution in [-0.4, -0.2) is 28.6 Å². The van der Waals surface area contributed by atoms with Crippen molar-refractivity contribution in [1.82, 2.24) is 9.97 Å². The van der Waals surface area contributed by atoms with Gasteiger partial charge in [0.1, 0.15) is 12.1 Å². The number of thioether (sulfide) groups is 1. The molecule has 1 aromatic heterocycles. The molecule has 5 heteroatoms. The van der Waals surface area contributed by atoms with E-state index in [1.807, 2.05) is 6.26 Å². The van der Waals surface area contributed by atoms with E-state index in [2.05, 4.69) is 15.3 Å². The predicted molar refractivity (Wildman–Crippen MR) is 69.5 cm³/mol. The number of carbonyl (C=O) groups excluding carboxylic acids is 1. The SMILES string of the molecule is CSc1ncc(CC=O)c(NC2CCCC2)n1. The van der Waals surface area contributed by atoms with E-state index < -0.39 is 0 Å². The lowest BCUT2D eigenvalue weighted by Gasteiger charge is -2.15. The maximum absolute atomic E-state index is 10.6. The Bertz CT molecular complexity index is 391. The molecule has 92 valence electrons. The Hall–Kier alpha value is -1.10. The number of nitrogens with zero attached hydrogens (tertiary/aromatic N) is 2. The number of rotatable bonds is 5. The van der Waals surface area contributed by atoms with E-state index in [4.69, 9.17) is 0 Å². The van der Waals surface area contributed by atoms with Crippen LogP contribution in [0.1, 0.15) is 31.2 Å². The molecule has 1 aliphatic rings. The summed E-state index contributed by atoms with van der Waals surface area (Å²) in [5.74, 6) is 0.836. The van der Waals surface area contributed by atoms with E-state index in [0.29, 0.717) is 12.5 Å². The molecule has 1 aromatic rings. The Morgan fingerprint density at radius 3 is 2.94 bits per heavy atom. The van der Waals surface area contributed by atoms with E-state index in [-0.39, 0.29) is 0 Å². The Labute approximate surface area is 106 Å². The molecule has 1 fully saturated rings. The monoisotopic (exact) mass is 251 g/mol. The first kappa shape index (κ1) is 12.4. The van der Waals surface area contributed by atoms with Gasteiger partial charge in [-0.3, -0.25) is 0 Å². The van der Waals surface area contributed by atoms with Crippen LogP contribution in [-0.2, 0) is 11.2 Å². The fraction of sp³-hybridized carbons (Fsp3) is 0.583. The Kier molecular flexibility index (Phi) is 4.36. The molecule has 0 bridgehead atoms. The van der Waals surface area contributed by atoms with Crippen molar-refractivity contribution in [3.05, 3.63) is 11.8 Å². The standard InChI is InChI=1S/C12H17N3OS/c1-17-12-13-8-9(6-7-16)11(15-12)14-10-4-2-3-5-10/h7-8,10H,2-6H2,1H3,(H,13,14,15). The average molecular weight is 251 g/mol.